The first-order chi connectivity index (χ1) is 7.41. The highest BCUT2D eigenvalue weighted by atomic mass is 35.5. The van der Waals surface area contributed by atoms with Gasteiger partial charge in [-0.05, 0) is 30.7 Å². The van der Waals surface area contributed by atoms with Gasteiger partial charge in [0.25, 0.3) is 0 Å². The monoisotopic (exact) mass is 242 g/mol. The van der Waals surface area contributed by atoms with Crippen LogP contribution in [0.4, 0.5) is 4.39 Å². The molecule has 0 radical (unpaired) electrons. The molecule has 1 aromatic rings. The van der Waals surface area contributed by atoms with Crippen LogP contribution < -0.4 is 4.74 Å². The van der Waals surface area contributed by atoms with Crippen molar-refractivity contribution in [3.8, 4) is 5.75 Å². The topological polar surface area (TPSA) is 9.23 Å². The van der Waals surface area contributed by atoms with Gasteiger partial charge in [-0.25, -0.2) is 4.39 Å². The van der Waals surface area contributed by atoms with Crippen molar-refractivity contribution in [2.75, 3.05) is 0 Å². The number of benzene rings is 1. The van der Waals surface area contributed by atoms with E-state index in [4.69, 9.17) is 16.3 Å². The zero-order valence-electron chi connectivity index (χ0n) is 9.76. The molecular weight excluding hydrogens is 227 g/mol. The van der Waals surface area contributed by atoms with Crippen LogP contribution in [0, 0.1) is 18.2 Å². The van der Waals surface area contributed by atoms with Crippen LogP contribution in [-0.2, 0) is 0 Å². The van der Waals surface area contributed by atoms with Gasteiger partial charge in [0.15, 0.2) is 0 Å². The molecule has 0 amide bonds. The van der Waals surface area contributed by atoms with E-state index in [2.05, 4.69) is 13.8 Å². The quantitative estimate of drug-likeness (QED) is 0.715. The first-order valence-corrected chi connectivity index (χ1v) is 5.92. The molecule has 0 aliphatic heterocycles. The van der Waals surface area contributed by atoms with Gasteiger partial charge < -0.3 is 4.74 Å². The van der Waals surface area contributed by atoms with Crippen LogP contribution in [0.5, 0.6) is 5.75 Å². The smallest absolute Gasteiger partial charge is 0.123 e. The van der Waals surface area contributed by atoms with Gasteiger partial charge in [-0.15, -0.1) is 11.6 Å². The first kappa shape index (κ1) is 11.7. The van der Waals surface area contributed by atoms with Crippen LogP contribution in [-0.4, -0.2) is 11.5 Å². The van der Waals surface area contributed by atoms with Gasteiger partial charge in [0.2, 0.25) is 0 Å². The van der Waals surface area contributed by atoms with Crippen LogP contribution >= 0.6 is 11.6 Å². The minimum Gasteiger partial charge on any atom is -0.489 e. The zero-order chi connectivity index (χ0) is 11.9. The van der Waals surface area contributed by atoms with E-state index in [1.807, 2.05) is 6.92 Å². The van der Waals surface area contributed by atoms with Crippen molar-refractivity contribution in [2.45, 2.75) is 38.7 Å². The van der Waals surface area contributed by atoms with Crippen LogP contribution in [0.25, 0.3) is 0 Å². The van der Waals surface area contributed by atoms with Crippen molar-refractivity contribution in [1.29, 1.82) is 0 Å². The first-order valence-electron chi connectivity index (χ1n) is 5.48. The van der Waals surface area contributed by atoms with E-state index in [1.54, 1.807) is 6.07 Å². The molecular formula is C13H16ClFO. The normalized spacial score (nSPS) is 27.3. The number of ether oxygens (including phenoxy) is 1. The third kappa shape index (κ3) is 1.91. The zero-order valence-corrected chi connectivity index (χ0v) is 10.5. The Balaban J connectivity index is 2.11. The molecule has 3 heteroatoms. The Bertz CT molecular complexity index is 403. The largest absolute Gasteiger partial charge is 0.489 e. The van der Waals surface area contributed by atoms with Crippen LogP contribution in [0.1, 0.15) is 25.8 Å². The molecule has 2 unspecified atom stereocenters. The van der Waals surface area contributed by atoms with E-state index >= 15 is 0 Å². The number of alkyl halides is 1. The van der Waals surface area contributed by atoms with E-state index in [9.17, 15) is 4.39 Å². The molecule has 2 atom stereocenters. The lowest BCUT2D eigenvalue weighted by molar-refractivity contribution is -0.0134. The Morgan fingerprint density at radius 1 is 1.44 bits per heavy atom. The minimum atomic E-state index is -0.229. The lowest BCUT2D eigenvalue weighted by atomic mass is 9.68. The summed E-state index contributed by atoms with van der Waals surface area (Å²) in [7, 11) is 0. The van der Waals surface area contributed by atoms with Crippen molar-refractivity contribution in [3.05, 3.63) is 29.6 Å². The van der Waals surface area contributed by atoms with Crippen molar-refractivity contribution < 1.29 is 9.13 Å². The highest BCUT2D eigenvalue weighted by molar-refractivity contribution is 6.21. The van der Waals surface area contributed by atoms with Crippen LogP contribution in [0.15, 0.2) is 18.2 Å². The summed E-state index contributed by atoms with van der Waals surface area (Å²) in [6.45, 7) is 6.04. The molecule has 0 bridgehead atoms. The highest BCUT2D eigenvalue weighted by Gasteiger charge is 2.49. The summed E-state index contributed by atoms with van der Waals surface area (Å²) >= 11 is 6.13. The van der Waals surface area contributed by atoms with Crippen LogP contribution in [0.2, 0.25) is 0 Å². The third-order valence-electron chi connectivity index (χ3n) is 3.46. The van der Waals surface area contributed by atoms with Crippen molar-refractivity contribution in [1.82, 2.24) is 0 Å². The molecule has 0 saturated heterocycles. The molecule has 2 rings (SSSR count). The summed E-state index contributed by atoms with van der Waals surface area (Å²) in [5.74, 6) is 0.524. The van der Waals surface area contributed by atoms with Gasteiger partial charge in [0, 0.05) is 17.2 Å². The average Bonchev–Trinajstić information content (AvgIpc) is 2.21. The SMILES string of the molecule is Cc1cc(F)ccc1OC1CC(Cl)C1(C)C. The molecule has 0 N–H and O–H groups in total. The number of hydrogen-bond acceptors (Lipinski definition) is 1. The Morgan fingerprint density at radius 2 is 2.12 bits per heavy atom. The molecule has 0 heterocycles. The Hall–Kier alpha value is -0.760. The summed E-state index contributed by atoms with van der Waals surface area (Å²) in [6, 6.07) is 4.59. The van der Waals surface area contributed by atoms with Gasteiger partial charge in [0.1, 0.15) is 17.7 Å². The number of halogens is 2. The van der Waals surface area contributed by atoms with Gasteiger partial charge in [-0.3, -0.25) is 0 Å². The van der Waals surface area contributed by atoms with E-state index < -0.39 is 0 Å². The lowest BCUT2D eigenvalue weighted by Gasteiger charge is -2.48. The summed E-state index contributed by atoms with van der Waals surface area (Å²) < 4.78 is 18.8. The Labute approximate surface area is 101 Å². The molecule has 1 aromatic carbocycles. The second-order valence-corrected chi connectivity index (χ2v) is 5.57. The minimum absolute atomic E-state index is 0.0115. The van der Waals surface area contributed by atoms with Crippen LogP contribution in [0.3, 0.4) is 0 Å². The molecule has 16 heavy (non-hydrogen) atoms. The van der Waals surface area contributed by atoms with Crippen molar-refractivity contribution in [2.24, 2.45) is 5.41 Å². The second kappa shape index (κ2) is 3.92. The molecule has 1 aliphatic carbocycles. The fourth-order valence-corrected chi connectivity index (χ4v) is 2.24. The molecule has 0 spiro atoms. The number of aryl methyl sites for hydroxylation is 1. The molecule has 1 aliphatic rings. The van der Waals surface area contributed by atoms with Gasteiger partial charge in [-0.2, -0.15) is 0 Å². The predicted molar refractivity (Wildman–Crippen MR) is 63.6 cm³/mol. The summed E-state index contributed by atoms with van der Waals surface area (Å²) in [5, 5.41) is 0.165. The Morgan fingerprint density at radius 3 is 2.62 bits per heavy atom. The van der Waals surface area contributed by atoms with Gasteiger partial charge >= 0.3 is 0 Å². The van der Waals surface area contributed by atoms with E-state index in [1.165, 1.54) is 12.1 Å². The predicted octanol–water partition coefficient (Wildman–Crippen LogP) is 3.92. The van der Waals surface area contributed by atoms with E-state index in [0.717, 1.165) is 17.7 Å². The highest BCUT2D eigenvalue weighted by Crippen LogP contribution is 2.46. The van der Waals surface area contributed by atoms with Crippen molar-refractivity contribution in [3.63, 3.8) is 0 Å². The van der Waals surface area contributed by atoms with Gasteiger partial charge in [0.05, 0.1) is 0 Å². The second-order valence-electron chi connectivity index (χ2n) is 5.04. The lowest BCUT2D eigenvalue weighted by Crippen LogP contribution is -2.53. The summed E-state index contributed by atoms with van der Waals surface area (Å²) in [4.78, 5) is 0. The number of hydrogen-bond donors (Lipinski definition) is 0. The molecule has 1 nitrogen and oxygen atoms in total. The maximum Gasteiger partial charge on any atom is 0.123 e. The van der Waals surface area contributed by atoms with E-state index in [-0.39, 0.29) is 22.7 Å². The van der Waals surface area contributed by atoms with E-state index in [0.29, 0.717) is 0 Å². The third-order valence-corrected chi connectivity index (χ3v) is 4.20. The summed E-state index contributed by atoms with van der Waals surface area (Å²) in [6.07, 6.45) is 0.977. The summed E-state index contributed by atoms with van der Waals surface area (Å²) in [5.41, 5.74) is 0.816. The molecule has 1 saturated carbocycles. The Kier molecular flexibility index (Phi) is 2.87. The van der Waals surface area contributed by atoms with Crippen molar-refractivity contribution >= 4 is 11.6 Å². The molecule has 88 valence electrons. The molecule has 1 fully saturated rings. The number of rotatable bonds is 2. The fourth-order valence-electron chi connectivity index (χ4n) is 1.93. The van der Waals surface area contributed by atoms with Gasteiger partial charge in [-0.1, -0.05) is 13.8 Å². The maximum absolute atomic E-state index is 12.9. The average molecular weight is 243 g/mol. The molecule has 0 aromatic heterocycles. The maximum atomic E-state index is 12.9. The fraction of sp³-hybridized carbons (Fsp3) is 0.538. The standard InChI is InChI=1S/C13H16ClFO/c1-8-6-9(15)4-5-10(8)16-12-7-11(14)13(12,2)3/h4-6,11-12H,7H2,1-3H3.